The van der Waals surface area contributed by atoms with Crippen LogP contribution in [-0.4, -0.2) is 0 Å². The van der Waals surface area contributed by atoms with Crippen LogP contribution in [0.15, 0.2) is 36.4 Å². The van der Waals surface area contributed by atoms with Crippen molar-refractivity contribution in [3.05, 3.63) is 58.1 Å². The highest BCUT2D eigenvalue weighted by molar-refractivity contribution is 6.31. The van der Waals surface area contributed by atoms with E-state index in [1.165, 1.54) is 11.1 Å². The molecule has 0 fully saturated rings. The van der Waals surface area contributed by atoms with E-state index >= 15 is 0 Å². The highest BCUT2D eigenvalue weighted by Crippen LogP contribution is 2.27. The second-order valence-electron chi connectivity index (χ2n) is 4.47. The molecule has 2 aromatic rings. The van der Waals surface area contributed by atoms with Crippen molar-refractivity contribution in [1.29, 1.82) is 0 Å². The fraction of sp³-hybridized carbons (Fsp3) is 0.200. The van der Waals surface area contributed by atoms with Crippen LogP contribution in [0.4, 0.5) is 11.4 Å². The molecule has 3 heteroatoms. The van der Waals surface area contributed by atoms with E-state index in [4.69, 9.17) is 17.3 Å². The Balaban J connectivity index is 2.16. The van der Waals surface area contributed by atoms with Gasteiger partial charge in [0.25, 0.3) is 0 Å². The molecule has 3 N–H and O–H groups in total. The van der Waals surface area contributed by atoms with Crippen molar-refractivity contribution < 1.29 is 0 Å². The zero-order valence-corrected chi connectivity index (χ0v) is 11.4. The fourth-order valence-corrected chi connectivity index (χ4v) is 2.02. The summed E-state index contributed by atoms with van der Waals surface area (Å²) in [5.41, 5.74) is 11.1. The van der Waals surface area contributed by atoms with Gasteiger partial charge in [-0.05, 0) is 42.7 Å². The van der Waals surface area contributed by atoms with Crippen molar-refractivity contribution in [2.75, 3.05) is 11.1 Å². The third-order valence-corrected chi connectivity index (χ3v) is 3.47. The van der Waals surface area contributed by atoms with E-state index < -0.39 is 0 Å². The lowest BCUT2D eigenvalue weighted by molar-refractivity contribution is 1.12. The minimum Gasteiger partial charge on any atom is -0.397 e. The Morgan fingerprint density at radius 2 is 1.83 bits per heavy atom. The second-order valence-corrected chi connectivity index (χ2v) is 4.88. The lowest BCUT2D eigenvalue weighted by Crippen LogP contribution is -2.04. The van der Waals surface area contributed by atoms with Crippen molar-refractivity contribution in [3.8, 4) is 0 Å². The lowest BCUT2D eigenvalue weighted by Gasteiger charge is -2.12. The van der Waals surface area contributed by atoms with Crippen LogP contribution in [-0.2, 0) is 6.54 Å². The molecule has 2 aromatic carbocycles. The first-order valence-corrected chi connectivity index (χ1v) is 6.29. The molecule has 0 amide bonds. The number of hydrogen-bond acceptors (Lipinski definition) is 2. The quantitative estimate of drug-likeness (QED) is 0.814. The van der Waals surface area contributed by atoms with E-state index in [2.05, 4.69) is 24.4 Å². The van der Waals surface area contributed by atoms with Gasteiger partial charge in [0.2, 0.25) is 0 Å². The smallest absolute Gasteiger partial charge is 0.0580 e. The average Bonchev–Trinajstić information content (AvgIpc) is 2.34. The number of rotatable bonds is 3. The maximum absolute atomic E-state index is 6.02. The van der Waals surface area contributed by atoms with E-state index in [0.29, 0.717) is 10.7 Å². The monoisotopic (exact) mass is 260 g/mol. The highest BCUT2D eigenvalue weighted by Gasteiger charge is 2.04. The topological polar surface area (TPSA) is 38.0 Å². The molecular formula is C15H17ClN2. The van der Waals surface area contributed by atoms with E-state index in [9.17, 15) is 0 Å². The van der Waals surface area contributed by atoms with Crippen LogP contribution >= 0.6 is 11.6 Å². The molecular weight excluding hydrogens is 244 g/mol. The number of aryl methyl sites for hydroxylation is 2. The Kier molecular flexibility index (Phi) is 3.78. The molecule has 0 saturated heterocycles. The van der Waals surface area contributed by atoms with Crippen LogP contribution in [0.1, 0.15) is 16.7 Å². The van der Waals surface area contributed by atoms with E-state index in [1.54, 1.807) is 6.07 Å². The van der Waals surface area contributed by atoms with Gasteiger partial charge in [0, 0.05) is 11.6 Å². The van der Waals surface area contributed by atoms with Gasteiger partial charge in [-0.15, -0.1) is 0 Å². The third kappa shape index (κ3) is 2.77. The van der Waals surface area contributed by atoms with Gasteiger partial charge in [-0.2, -0.15) is 0 Å². The predicted octanol–water partition coefficient (Wildman–Crippen LogP) is 4.15. The minimum absolute atomic E-state index is 0.680. The molecule has 0 aromatic heterocycles. The molecule has 0 heterocycles. The molecule has 94 valence electrons. The molecule has 0 aliphatic rings. The summed E-state index contributed by atoms with van der Waals surface area (Å²) in [5.74, 6) is 0. The molecule has 0 saturated carbocycles. The molecule has 0 aliphatic heterocycles. The number of benzene rings is 2. The number of anilines is 2. The Morgan fingerprint density at radius 1 is 1.11 bits per heavy atom. The van der Waals surface area contributed by atoms with Crippen molar-refractivity contribution in [3.63, 3.8) is 0 Å². The summed E-state index contributed by atoms with van der Waals surface area (Å²) in [6.07, 6.45) is 0. The first kappa shape index (κ1) is 12.8. The number of nitrogen functional groups attached to an aromatic ring is 1. The van der Waals surface area contributed by atoms with Gasteiger partial charge < -0.3 is 11.1 Å². The summed E-state index contributed by atoms with van der Waals surface area (Å²) in [7, 11) is 0. The predicted molar refractivity (Wildman–Crippen MR) is 79.1 cm³/mol. The maximum atomic E-state index is 6.02. The Bertz CT molecular complexity index is 564. The normalized spacial score (nSPS) is 10.4. The van der Waals surface area contributed by atoms with Gasteiger partial charge in [0.1, 0.15) is 0 Å². The van der Waals surface area contributed by atoms with Crippen molar-refractivity contribution >= 4 is 23.0 Å². The summed E-state index contributed by atoms with van der Waals surface area (Å²) >= 11 is 6.02. The molecule has 0 atom stereocenters. The molecule has 0 radical (unpaired) electrons. The first-order valence-electron chi connectivity index (χ1n) is 5.92. The highest BCUT2D eigenvalue weighted by atomic mass is 35.5. The van der Waals surface area contributed by atoms with Crippen molar-refractivity contribution in [2.24, 2.45) is 0 Å². The van der Waals surface area contributed by atoms with E-state index in [-0.39, 0.29) is 0 Å². The summed E-state index contributed by atoms with van der Waals surface area (Å²) in [5, 5.41) is 4.06. The van der Waals surface area contributed by atoms with Crippen LogP contribution < -0.4 is 11.1 Å². The van der Waals surface area contributed by atoms with Gasteiger partial charge in [-0.1, -0.05) is 35.9 Å². The minimum atomic E-state index is 0.680. The van der Waals surface area contributed by atoms with Gasteiger partial charge in [-0.25, -0.2) is 0 Å². The van der Waals surface area contributed by atoms with Crippen molar-refractivity contribution in [1.82, 2.24) is 0 Å². The molecule has 2 rings (SSSR count). The fourth-order valence-electron chi connectivity index (χ4n) is 1.85. The van der Waals surface area contributed by atoms with Gasteiger partial charge in [0.15, 0.2) is 0 Å². The largest absolute Gasteiger partial charge is 0.397 e. The Morgan fingerprint density at radius 3 is 2.56 bits per heavy atom. The zero-order valence-electron chi connectivity index (χ0n) is 10.6. The van der Waals surface area contributed by atoms with E-state index in [1.807, 2.05) is 25.1 Å². The second kappa shape index (κ2) is 5.32. The average molecular weight is 261 g/mol. The van der Waals surface area contributed by atoms with E-state index in [0.717, 1.165) is 17.8 Å². The third-order valence-electron chi connectivity index (χ3n) is 3.06. The number of nitrogens with one attached hydrogen (secondary N) is 1. The Labute approximate surface area is 113 Å². The molecule has 0 spiro atoms. The summed E-state index contributed by atoms with van der Waals surface area (Å²) in [6.45, 7) is 4.84. The molecule has 0 aliphatic carbocycles. The zero-order chi connectivity index (χ0) is 13.1. The van der Waals surface area contributed by atoms with Crippen LogP contribution in [0, 0.1) is 13.8 Å². The number of halogens is 1. The number of nitrogens with two attached hydrogens (primary N) is 1. The molecule has 2 nitrogen and oxygen atoms in total. The number of hydrogen-bond donors (Lipinski definition) is 2. The van der Waals surface area contributed by atoms with Gasteiger partial charge in [-0.3, -0.25) is 0 Å². The summed E-state index contributed by atoms with van der Waals surface area (Å²) in [4.78, 5) is 0. The van der Waals surface area contributed by atoms with Gasteiger partial charge in [0.05, 0.1) is 11.4 Å². The maximum Gasteiger partial charge on any atom is 0.0580 e. The Hall–Kier alpha value is -1.67. The van der Waals surface area contributed by atoms with Crippen LogP contribution in [0.25, 0.3) is 0 Å². The molecule has 0 bridgehead atoms. The standard InChI is InChI=1S/C15H17ClN2/c1-10-5-3-4-6-12(10)9-18-15-7-11(2)13(16)8-14(15)17/h3-8,18H,9,17H2,1-2H3. The van der Waals surface area contributed by atoms with Gasteiger partial charge >= 0.3 is 0 Å². The van der Waals surface area contributed by atoms with Crippen LogP contribution in [0.2, 0.25) is 5.02 Å². The van der Waals surface area contributed by atoms with Crippen molar-refractivity contribution in [2.45, 2.75) is 20.4 Å². The first-order chi connectivity index (χ1) is 8.58. The lowest BCUT2D eigenvalue weighted by atomic mass is 10.1. The van der Waals surface area contributed by atoms with Crippen LogP contribution in [0.3, 0.4) is 0 Å². The summed E-state index contributed by atoms with van der Waals surface area (Å²) in [6, 6.07) is 12.1. The van der Waals surface area contributed by atoms with Crippen LogP contribution in [0.5, 0.6) is 0 Å². The molecule has 0 unspecified atom stereocenters. The SMILES string of the molecule is Cc1cc(NCc2ccccc2C)c(N)cc1Cl. The summed E-state index contributed by atoms with van der Waals surface area (Å²) < 4.78 is 0. The molecule has 18 heavy (non-hydrogen) atoms.